The summed E-state index contributed by atoms with van der Waals surface area (Å²) in [4.78, 5) is 7.12. The third-order valence-electron chi connectivity index (χ3n) is 5.11. The van der Waals surface area contributed by atoms with E-state index in [2.05, 4.69) is 10.3 Å². The molecule has 0 saturated carbocycles. The van der Waals surface area contributed by atoms with Crippen LogP contribution in [0.25, 0.3) is 10.2 Å². The van der Waals surface area contributed by atoms with Crippen molar-refractivity contribution in [3.8, 4) is 6.07 Å². The van der Waals surface area contributed by atoms with Crippen LogP contribution in [0.15, 0.2) is 12.3 Å². The van der Waals surface area contributed by atoms with Gasteiger partial charge < -0.3 is 10.2 Å². The molecule has 1 spiro atoms. The van der Waals surface area contributed by atoms with Crippen LogP contribution in [0.4, 0.5) is 18.9 Å². The first-order valence-electron chi connectivity index (χ1n) is 8.23. The summed E-state index contributed by atoms with van der Waals surface area (Å²) in [6, 6.07) is 3.70. The van der Waals surface area contributed by atoms with Crippen LogP contribution >= 0.6 is 11.3 Å². The van der Waals surface area contributed by atoms with Gasteiger partial charge in [-0.25, -0.2) is 4.98 Å². The van der Waals surface area contributed by atoms with Crippen LogP contribution < -0.4 is 10.2 Å². The maximum Gasteiger partial charge on any atom is 0.393 e. The second-order valence-electron chi connectivity index (χ2n) is 6.96. The molecule has 132 valence electrons. The molecule has 0 bridgehead atoms. The van der Waals surface area contributed by atoms with Gasteiger partial charge in [-0.05, 0) is 32.0 Å². The molecule has 2 aromatic heterocycles. The van der Waals surface area contributed by atoms with Gasteiger partial charge in [0.1, 0.15) is 10.9 Å². The van der Waals surface area contributed by atoms with Crippen molar-refractivity contribution in [1.29, 1.82) is 5.26 Å². The fourth-order valence-corrected chi connectivity index (χ4v) is 5.10. The standard InChI is InChI=1S/C17H17F3N4S/c18-17(19,20)6-13-14(12-5-11(7-21)8-23-15(12)25-13)24-9-16(10-24)1-3-22-4-2-16/h5,8,22H,1-4,6,9-10H2. The van der Waals surface area contributed by atoms with Gasteiger partial charge in [-0.1, -0.05) is 0 Å². The van der Waals surface area contributed by atoms with E-state index in [-0.39, 0.29) is 5.41 Å². The monoisotopic (exact) mass is 366 g/mol. The molecule has 4 nitrogen and oxygen atoms in total. The number of pyridine rings is 1. The minimum Gasteiger partial charge on any atom is -0.369 e. The molecule has 0 radical (unpaired) electrons. The van der Waals surface area contributed by atoms with Gasteiger partial charge in [0.2, 0.25) is 0 Å². The SMILES string of the molecule is N#Cc1cnc2sc(CC(F)(F)F)c(N3CC4(CCNCC4)C3)c2c1. The third-order valence-corrected chi connectivity index (χ3v) is 6.22. The molecule has 0 aliphatic carbocycles. The lowest BCUT2D eigenvalue weighted by Crippen LogP contribution is -2.60. The summed E-state index contributed by atoms with van der Waals surface area (Å²) in [7, 11) is 0. The maximum atomic E-state index is 13.0. The summed E-state index contributed by atoms with van der Waals surface area (Å²) >= 11 is 1.09. The first kappa shape index (κ1) is 16.6. The van der Waals surface area contributed by atoms with E-state index in [4.69, 9.17) is 5.26 Å². The molecular weight excluding hydrogens is 349 g/mol. The quantitative estimate of drug-likeness (QED) is 0.884. The summed E-state index contributed by atoms with van der Waals surface area (Å²) < 4.78 is 39.1. The Bertz CT molecular complexity index is 838. The first-order valence-corrected chi connectivity index (χ1v) is 9.05. The van der Waals surface area contributed by atoms with Crippen molar-refractivity contribution in [1.82, 2.24) is 10.3 Å². The molecule has 0 amide bonds. The van der Waals surface area contributed by atoms with Crippen LogP contribution in [0.3, 0.4) is 0 Å². The van der Waals surface area contributed by atoms with Gasteiger partial charge in [0.15, 0.2) is 0 Å². The zero-order valence-electron chi connectivity index (χ0n) is 13.5. The highest BCUT2D eigenvalue weighted by Crippen LogP contribution is 2.48. The molecule has 2 saturated heterocycles. The number of nitrogens with zero attached hydrogens (tertiary/aromatic N) is 3. The van der Waals surface area contributed by atoms with Crippen LogP contribution in [-0.2, 0) is 6.42 Å². The number of hydrogen-bond donors (Lipinski definition) is 1. The highest BCUT2D eigenvalue weighted by atomic mass is 32.1. The van der Waals surface area contributed by atoms with E-state index < -0.39 is 12.6 Å². The van der Waals surface area contributed by atoms with Gasteiger partial charge in [0, 0.05) is 35.0 Å². The van der Waals surface area contributed by atoms with Gasteiger partial charge in [-0.3, -0.25) is 0 Å². The van der Waals surface area contributed by atoms with Crippen molar-refractivity contribution in [3.63, 3.8) is 0 Å². The molecule has 2 fully saturated rings. The number of fused-ring (bicyclic) bond motifs is 1. The lowest BCUT2D eigenvalue weighted by molar-refractivity contribution is -0.126. The number of halogens is 3. The smallest absolute Gasteiger partial charge is 0.369 e. The predicted molar refractivity (Wildman–Crippen MR) is 90.8 cm³/mol. The fraction of sp³-hybridized carbons (Fsp3) is 0.529. The minimum absolute atomic E-state index is 0.218. The van der Waals surface area contributed by atoms with Gasteiger partial charge in [-0.2, -0.15) is 18.4 Å². The Balaban J connectivity index is 1.72. The molecule has 4 heterocycles. The Morgan fingerprint density at radius 2 is 2.04 bits per heavy atom. The number of hydrogen-bond acceptors (Lipinski definition) is 5. The van der Waals surface area contributed by atoms with Crippen molar-refractivity contribution >= 4 is 27.2 Å². The Morgan fingerprint density at radius 1 is 1.32 bits per heavy atom. The van der Waals surface area contributed by atoms with Gasteiger partial charge in [-0.15, -0.1) is 11.3 Å². The second-order valence-corrected chi connectivity index (χ2v) is 8.04. The van der Waals surface area contributed by atoms with Crippen molar-refractivity contribution in [2.45, 2.75) is 25.4 Å². The summed E-state index contributed by atoms with van der Waals surface area (Å²) in [6.07, 6.45) is -1.67. The molecule has 0 unspecified atom stereocenters. The molecule has 25 heavy (non-hydrogen) atoms. The summed E-state index contributed by atoms with van der Waals surface area (Å²) in [6.45, 7) is 3.49. The Morgan fingerprint density at radius 3 is 2.68 bits per heavy atom. The lowest BCUT2D eigenvalue weighted by Gasteiger charge is -2.53. The zero-order chi connectivity index (χ0) is 17.7. The van der Waals surface area contributed by atoms with Gasteiger partial charge >= 0.3 is 6.18 Å². The van der Waals surface area contributed by atoms with E-state index in [1.807, 2.05) is 11.0 Å². The Hall–Kier alpha value is -1.85. The third kappa shape index (κ3) is 3.07. The maximum absolute atomic E-state index is 13.0. The normalized spacial score (nSPS) is 19.8. The number of thiophene rings is 1. The number of nitriles is 1. The average molecular weight is 366 g/mol. The molecule has 0 atom stereocenters. The minimum atomic E-state index is -4.26. The molecule has 2 aliphatic heterocycles. The van der Waals surface area contributed by atoms with Crippen LogP contribution in [0, 0.1) is 16.7 Å². The topological polar surface area (TPSA) is 52.0 Å². The van der Waals surface area contributed by atoms with Crippen molar-refractivity contribution in [3.05, 3.63) is 22.7 Å². The van der Waals surface area contributed by atoms with E-state index in [0.29, 0.717) is 26.3 Å². The number of alkyl halides is 3. The number of piperidine rings is 1. The number of aromatic nitrogens is 1. The largest absolute Gasteiger partial charge is 0.393 e. The number of anilines is 1. The van der Waals surface area contributed by atoms with Crippen LogP contribution in [-0.4, -0.2) is 37.3 Å². The summed E-state index contributed by atoms with van der Waals surface area (Å²) in [5.41, 5.74) is 1.23. The Kier molecular flexibility index (Phi) is 3.89. The van der Waals surface area contributed by atoms with Crippen molar-refractivity contribution in [2.75, 3.05) is 31.1 Å². The van der Waals surface area contributed by atoms with Crippen LogP contribution in [0.1, 0.15) is 23.3 Å². The molecule has 1 N–H and O–H groups in total. The van der Waals surface area contributed by atoms with E-state index in [1.165, 1.54) is 6.20 Å². The van der Waals surface area contributed by atoms with Crippen molar-refractivity contribution in [2.24, 2.45) is 5.41 Å². The molecule has 8 heteroatoms. The number of nitrogens with one attached hydrogen (secondary N) is 1. The molecule has 2 aromatic rings. The van der Waals surface area contributed by atoms with E-state index >= 15 is 0 Å². The van der Waals surface area contributed by atoms with E-state index in [9.17, 15) is 13.2 Å². The molecular formula is C17H17F3N4S. The summed E-state index contributed by atoms with van der Waals surface area (Å²) in [5.74, 6) is 0. The lowest BCUT2D eigenvalue weighted by atomic mass is 9.72. The van der Waals surface area contributed by atoms with Gasteiger partial charge in [0.05, 0.1) is 17.7 Å². The van der Waals surface area contributed by atoms with E-state index in [0.717, 1.165) is 50.4 Å². The predicted octanol–water partition coefficient (Wildman–Crippen LogP) is 3.46. The average Bonchev–Trinajstić information content (AvgIpc) is 2.87. The highest BCUT2D eigenvalue weighted by Gasteiger charge is 2.45. The second kappa shape index (κ2) is 5.85. The first-order chi connectivity index (χ1) is 11.9. The molecule has 0 aromatic carbocycles. The zero-order valence-corrected chi connectivity index (χ0v) is 14.3. The van der Waals surface area contributed by atoms with Crippen LogP contribution in [0.5, 0.6) is 0 Å². The van der Waals surface area contributed by atoms with Gasteiger partial charge in [0.25, 0.3) is 0 Å². The summed E-state index contributed by atoms with van der Waals surface area (Å²) in [5, 5.41) is 13.1. The highest BCUT2D eigenvalue weighted by molar-refractivity contribution is 7.19. The van der Waals surface area contributed by atoms with E-state index in [1.54, 1.807) is 6.07 Å². The molecule has 4 rings (SSSR count). The number of rotatable bonds is 2. The molecule has 2 aliphatic rings. The van der Waals surface area contributed by atoms with Crippen LogP contribution in [0.2, 0.25) is 0 Å². The fourth-order valence-electron chi connectivity index (χ4n) is 3.92. The Labute approximate surface area is 147 Å². The van der Waals surface area contributed by atoms with Crippen molar-refractivity contribution < 1.29 is 13.2 Å².